The molecule has 1 aromatic heterocycles. The van der Waals surface area contributed by atoms with Crippen LogP contribution in [-0.4, -0.2) is 20.9 Å². The second-order valence-corrected chi connectivity index (χ2v) is 4.15. The number of rotatable bonds is 3. The minimum Gasteiger partial charge on any atom is -0.481 e. The van der Waals surface area contributed by atoms with Gasteiger partial charge in [-0.05, 0) is 12.1 Å². The van der Waals surface area contributed by atoms with Gasteiger partial charge in [-0.1, -0.05) is 22.0 Å². The normalized spacial score (nSPS) is 10.7. The fourth-order valence-electron chi connectivity index (χ4n) is 1.37. The SMILES string of the molecule is O=C(O)CCn1cc2ccc(Br)cc2n1. The third kappa shape index (κ3) is 2.36. The average molecular weight is 269 g/mol. The van der Waals surface area contributed by atoms with Crippen molar-refractivity contribution in [3.63, 3.8) is 0 Å². The van der Waals surface area contributed by atoms with Gasteiger partial charge in [0.05, 0.1) is 18.5 Å². The van der Waals surface area contributed by atoms with E-state index < -0.39 is 5.97 Å². The van der Waals surface area contributed by atoms with Gasteiger partial charge in [-0.25, -0.2) is 0 Å². The third-order valence-electron chi connectivity index (χ3n) is 2.07. The van der Waals surface area contributed by atoms with Gasteiger partial charge in [-0.3, -0.25) is 9.48 Å². The number of carboxylic acid groups (broad SMARTS) is 1. The summed E-state index contributed by atoms with van der Waals surface area (Å²) in [5, 5.41) is 13.8. The Hall–Kier alpha value is -1.36. The van der Waals surface area contributed by atoms with Crippen LogP contribution in [-0.2, 0) is 11.3 Å². The molecule has 0 bridgehead atoms. The summed E-state index contributed by atoms with van der Waals surface area (Å²) in [7, 11) is 0. The molecule has 0 aliphatic heterocycles. The predicted octanol–water partition coefficient (Wildman–Crippen LogP) is 2.27. The molecule has 0 unspecified atom stereocenters. The van der Waals surface area contributed by atoms with Crippen molar-refractivity contribution < 1.29 is 9.90 Å². The van der Waals surface area contributed by atoms with Crippen molar-refractivity contribution in [2.45, 2.75) is 13.0 Å². The molecule has 2 aromatic rings. The first kappa shape index (κ1) is 10.2. The second-order valence-electron chi connectivity index (χ2n) is 3.24. The summed E-state index contributed by atoms with van der Waals surface area (Å²) in [5.74, 6) is -0.810. The van der Waals surface area contributed by atoms with Gasteiger partial charge in [0.15, 0.2) is 0 Å². The number of halogens is 1. The van der Waals surface area contributed by atoms with Crippen LogP contribution in [0, 0.1) is 0 Å². The summed E-state index contributed by atoms with van der Waals surface area (Å²) in [6.45, 7) is 0.404. The van der Waals surface area contributed by atoms with Crippen molar-refractivity contribution in [3.05, 3.63) is 28.9 Å². The van der Waals surface area contributed by atoms with E-state index in [1.165, 1.54) is 0 Å². The van der Waals surface area contributed by atoms with Crippen molar-refractivity contribution in [2.24, 2.45) is 0 Å². The fourth-order valence-corrected chi connectivity index (χ4v) is 1.71. The van der Waals surface area contributed by atoms with Crippen LogP contribution < -0.4 is 0 Å². The Kier molecular flexibility index (Phi) is 2.73. The van der Waals surface area contributed by atoms with E-state index in [1.54, 1.807) is 4.68 Å². The molecule has 1 N–H and O–H groups in total. The van der Waals surface area contributed by atoms with Gasteiger partial charge in [0.2, 0.25) is 0 Å². The summed E-state index contributed by atoms with van der Waals surface area (Å²) >= 11 is 3.36. The zero-order valence-electron chi connectivity index (χ0n) is 7.85. The highest BCUT2D eigenvalue weighted by atomic mass is 79.9. The third-order valence-corrected chi connectivity index (χ3v) is 2.56. The molecule has 0 radical (unpaired) electrons. The van der Waals surface area contributed by atoms with Gasteiger partial charge < -0.3 is 5.11 Å². The Morgan fingerprint density at radius 2 is 2.33 bits per heavy atom. The molecule has 0 saturated heterocycles. The minimum atomic E-state index is -0.810. The van der Waals surface area contributed by atoms with Crippen molar-refractivity contribution >= 4 is 32.8 Å². The van der Waals surface area contributed by atoms with Crippen LogP contribution >= 0.6 is 15.9 Å². The lowest BCUT2D eigenvalue weighted by Crippen LogP contribution is -2.04. The van der Waals surface area contributed by atoms with Crippen molar-refractivity contribution in [3.8, 4) is 0 Å². The number of aliphatic carboxylic acids is 1. The topological polar surface area (TPSA) is 55.1 Å². The van der Waals surface area contributed by atoms with Crippen molar-refractivity contribution in [2.75, 3.05) is 0 Å². The quantitative estimate of drug-likeness (QED) is 0.929. The molecule has 0 saturated carbocycles. The van der Waals surface area contributed by atoms with E-state index >= 15 is 0 Å². The highest BCUT2D eigenvalue weighted by Crippen LogP contribution is 2.18. The molecule has 0 amide bonds. The molecule has 0 atom stereocenters. The maximum Gasteiger partial charge on any atom is 0.305 e. The van der Waals surface area contributed by atoms with E-state index in [2.05, 4.69) is 21.0 Å². The number of carboxylic acids is 1. The van der Waals surface area contributed by atoms with E-state index in [4.69, 9.17) is 5.11 Å². The van der Waals surface area contributed by atoms with Crippen molar-refractivity contribution in [1.29, 1.82) is 0 Å². The van der Waals surface area contributed by atoms with Crippen LogP contribution in [0.5, 0.6) is 0 Å². The first-order valence-electron chi connectivity index (χ1n) is 4.50. The minimum absolute atomic E-state index is 0.0924. The van der Waals surface area contributed by atoms with Crippen LogP contribution in [0.25, 0.3) is 10.9 Å². The average Bonchev–Trinajstić information content (AvgIpc) is 2.56. The summed E-state index contributed by atoms with van der Waals surface area (Å²) in [4.78, 5) is 10.4. The Bertz CT molecular complexity index is 507. The second kappa shape index (κ2) is 4.02. The first-order valence-corrected chi connectivity index (χ1v) is 5.29. The number of hydrogen-bond acceptors (Lipinski definition) is 2. The number of aryl methyl sites for hydroxylation is 1. The maximum atomic E-state index is 10.4. The Balaban J connectivity index is 2.27. The molecule has 2 rings (SSSR count). The highest BCUT2D eigenvalue weighted by molar-refractivity contribution is 9.10. The van der Waals surface area contributed by atoms with Gasteiger partial charge in [-0.2, -0.15) is 5.10 Å². The highest BCUT2D eigenvalue weighted by Gasteiger charge is 2.02. The van der Waals surface area contributed by atoms with Gasteiger partial charge in [0.1, 0.15) is 0 Å². The van der Waals surface area contributed by atoms with Gasteiger partial charge in [0.25, 0.3) is 0 Å². The Morgan fingerprint density at radius 1 is 1.53 bits per heavy atom. The Labute approximate surface area is 94.6 Å². The molecule has 5 heteroatoms. The van der Waals surface area contributed by atoms with E-state index in [9.17, 15) is 4.79 Å². The maximum absolute atomic E-state index is 10.4. The summed E-state index contributed by atoms with van der Waals surface area (Å²) < 4.78 is 2.63. The van der Waals surface area contributed by atoms with Gasteiger partial charge in [0, 0.05) is 16.1 Å². The predicted molar refractivity (Wildman–Crippen MR) is 59.7 cm³/mol. The summed E-state index contributed by atoms with van der Waals surface area (Å²) in [5.41, 5.74) is 0.870. The monoisotopic (exact) mass is 268 g/mol. The number of carbonyl (C=O) groups is 1. The van der Waals surface area contributed by atoms with E-state index in [0.29, 0.717) is 6.54 Å². The van der Waals surface area contributed by atoms with E-state index in [-0.39, 0.29) is 6.42 Å². The molecular formula is C10H9BrN2O2. The largest absolute Gasteiger partial charge is 0.481 e. The zero-order valence-corrected chi connectivity index (χ0v) is 9.44. The summed E-state index contributed by atoms with van der Waals surface area (Å²) in [6.07, 6.45) is 1.94. The van der Waals surface area contributed by atoms with Crippen LogP contribution in [0.4, 0.5) is 0 Å². The number of aromatic nitrogens is 2. The van der Waals surface area contributed by atoms with Crippen LogP contribution in [0.3, 0.4) is 0 Å². The number of nitrogens with zero attached hydrogens (tertiary/aromatic N) is 2. The number of benzene rings is 1. The van der Waals surface area contributed by atoms with Crippen LogP contribution in [0.15, 0.2) is 28.9 Å². The first-order chi connectivity index (χ1) is 7.15. The Morgan fingerprint density at radius 3 is 3.07 bits per heavy atom. The molecular weight excluding hydrogens is 260 g/mol. The molecule has 0 aliphatic carbocycles. The molecule has 1 aromatic carbocycles. The molecule has 4 nitrogen and oxygen atoms in total. The summed E-state index contributed by atoms with van der Waals surface area (Å²) in [6, 6.07) is 5.79. The molecule has 78 valence electrons. The van der Waals surface area contributed by atoms with E-state index in [0.717, 1.165) is 15.4 Å². The van der Waals surface area contributed by atoms with Crippen LogP contribution in [0.1, 0.15) is 6.42 Å². The standard InChI is InChI=1S/C10H9BrN2O2/c11-8-2-1-7-6-13(4-3-10(14)15)12-9(7)5-8/h1-2,5-6H,3-4H2,(H,14,15). The number of hydrogen-bond donors (Lipinski definition) is 1. The zero-order chi connectivity index (χ0) is 10.8. The smallest absolute Gasteiger partial charge is 0.305 e. The molecule has 0 spiro atoms. The number of fused-ring (bicyclic) bond motifs is 1. The lowest BCUT2D eigenvalue weighted by Gasteiger charge is -1.95. The lowest BCUT2D eigenvalue weighted by molar-refractivity contribution is -0.137. The molecule has 0 fully saturated rings. The molecule has 0 aliphatic rings. The molecule has 1 heterocycles. The lowest BCUT2D eigenvalue weighted by atomic mass is 10.3. The van der Waals surface area contributed by atoms with Crippen LogP contribution in [0.2, 0.25) is 0 Å². The fraction of sp³-hybridized carbons (Fsp3) is 0.200. The van der Waals surface area contributed by atoms with E-state index in [1.807, 2.05) is 24.4 Å². The van der Waals surface area contributed by atoms with Gasteiger partial charge in [-0.15, -0.1) is 0 Å². The molecule has 15 heavy (non-hydrogen) atoms. The van der Waals surface area contributed by atoms with Gasteiger partial charge >= 0.3 is 5.97 Å². The van der Waals surface area contributed by atoms with Crippen molar-refractivity contribution in [1.82, 2.24) is 9.78 Å².